The third-order valence-electron chi connectivity index (χ3n) is 2.50. The SMILES string of the molecule is CC(=O)N[C@H]1[C@H]2OC[C@@H](O2)[C@@H](O)[C@@H]1O. The maximum Gasteiger partial charge on any atom is 0.217 e. The predicted molar refractivity (Wildman–Crippen MR) is 44.2 cm³/mol. The minimum Gasteiger partial charge on any atom is -0.388 e. The number of fused-ring (bicyclic) bond motifs is 2. The summed E-state index contributed by atoms with van der Waals surface area (Å²) < 4.78 is 10.4. The number of amides is 1. The average Bonchev–Trinajstić information content (AvgIpc) is 2.55. The second kappa shape index (κ2) is 3.47. The molecule has 6 heteroatoms. The lowest BCUT2D eigenvalue weighted by Gasteiger charge is -2.35. The Morgan fingerprint density at radius 2 is 2.14 bits per heavy atom. The van der Waals surface area contributed by atoms with E-state index in [0.717, 1.165) is 0 Å². The molecular weight excluding hydrogens is 190 g/mol. The van der Waals surface area contributed by atoms with Crippen LogP contribution in [0, 0.1) is 0 Å². The molecule has 14 heavy (non-hydrogen) atoms. The van der Waals surface area contributed by atoms with Crippen molar-refractivity contribution in [2.45, 2.75) is 37.6 Å². The fourth-order valence-corrected chi connectivity index (χ4v) is 1.79. The van der Waals surface area contributed by atoms with E-state index in [4.69, 9.17) is 9.47 Å². The van der Waals surface area contributed by atoms with Crippen LogP contribution >= 0.6 is 0 Å². The number of ether oxygens (including phenoxy) is 2. The van der Waals surface area contributed by atoms with E-state index in [9.17, 15) is 15.0 Å². The molecule has 0 radical (unpaired) electrons. The third-order valence-corrected chi connectivity index (χ3v) is 2.50. The third kappa shape index (κ3) is 1.50. The van der Waals surface area contributed by atoms with Gasteiger partial charge in [-0.15, -0.1) is 0 Å². The van der Waals surface area contributed by atoms with Crippen molar-refractivity contribution < 1.29 is 24.5 Å². The summed E-state index contributed by atoms with van der Waals surface area (Å²) in [6.45, 7) is 1.58. The van der Waals surface area contributed by atoms with Gasteiger partial charge in [-0.3, -0.25) is 4.79 Å². The molecule has 6 nitrogen and oxygen atoms in total. The van der Waals surface area contributed by atoms with E-state index in [1.54, 1.807) is 0 Å². The highest BCUT2D eigenvalue weighted by Gasteiger charge is 2.49. The lowest BCUT2D eigenvalue weighted by molar-refractivity contribution is -0.186. The van der Waals surface area contributed by atoms with E-state index < -0.39 is 30.6 Å². The van der Waals surface area contributed by atoms with Crippen LogP contribution in [0.4, 0.5) is 0 Å². The largest absolute Gasteiger partial charge is 0.388 e. The van der Waals surface area contributed by atoms with Gasteiger partial charge in [0.2, 0.25) is 5.91 Å². The minimum atomic E-state index is -1.04. The molecule has 2 bridgehead atoms. The molecule has 2 aliphatic rings. The van der Waals surface area contributed by atoms with Crippen LogP contribution in [0.3, 0.4) is 0 Å². The van der Waals surface area contributed by atoms with Crippen LogP contribution in [0.2, 0.25) is 0 Å². The van der Waals surface area contributed by atoms with Gasteiger partial charge in [-0.1, -0.05) is 0 Å². The summed E-state index contributed by atoms with van der Waals surface area (Å²) in [4.78, 5) is 10.8. The molecule has 5 atom stereocenters. The van der Waals surface area contributed by atoms with Crippen LogP contribution in [0.15, 0.2) is 0 Å². The Morgan fingerprint density at radius 1 is 1.43 bits per heavy atom. The summed E-state index contributed by atoms with van der Waals surface area (Å²) >= 11 is 0. The average molecular weight is 203 g/mol. The fourth-order valence-electron chi connectivity index (χ4n) is 1.79. The van der Waals surface area contributed by atoms with Gasteiger partial charge in [-0.25, -0.2) is 0 Å². The van der Waals surface area contributed by atoms with E-state index in [0.29, 0.717) is 0 Å². The van der Waals surface area contributed by atoms with Crippen molar-refractivity contribution in [2.75, 3.05) is 6.61 Å². The summed E-state index contributed by atoms with van der Waals surface area (Å²) in [5, 5.41) is 21.7. The van der Waals surface area contributed by atoms with Gasteiger partial charge >= 0.3 is 0 Å². The Morgan fingerprint density at radius 3 is 2.79 bits per heavy atom. The molecule has 3 N–H and O–H groups in total. The van der Waals surface area contributed by atoms with Gasteiger partial charge in [0.05, 0.1) is 6.61 Å². The molecule has 0 saturated carbocycles. The highest BCUT2D eigenvalue weighted by molar-refractivity contribution is 5.73. The minimum absolute atomic E-state index is 0.249. The number of nitrogens with one attached hydrogen (secondary N) is 1. The van der Waals surface area contributed by atoms with Crippen molar-refractivity contribution in [3.05, 3.63) is 0 Å². The van der Waals surface area contributed by atoms with E-state index in [1.165, 1.54) is 6.92 Å². The van der Waals surface area contributed by atoms with Crippen molar-refractivity contribution in [2.24, 2.45) is 0 Å². The fraction of sp³-hybridized carbons (Fsp3) is 0.875. The molecule has 0 unspecified atom stereocenters. The molecule has 2 fully saturated rings. The van der Waals surface area contributed by atoms with Gasteiger partial charge in [0.25, 0.3) is 0 Å². The lowest BCUT2D eigenvalue weighted by Crippen LogP contribution is -2.60. The maximum absolute atomic E-state index is 10.8. The first kappa shape index (κ1) is 9.85. The summed E-state index contributed by atoms with van der Waals surface area (Å²) in [5.74, 6) is -0.293. The molecule has 2 rings (SSSR count). The Kier molecular flexibility index (Phi) is 2.44. The Balaban J connectivity index is 2.10. The van der Waals surface area contributed by atoms with Crippen LogP contribution in [0.5, 0.6) is 0 Å². The molecule has 0 spiro atoms. The first-order valence-electron chi connectivity index (χ1n) is 4.50. The number of carbonyl (C=O) groups is 1. The van der Waals surface area contributed by atoms with Crippen molar-refractivity contribution in [3.8, 4) is 0 Å². The van der Waals surface area contributed by atoms with Crippen molar-refractivity contribution in [3.63, 3.8) is 0 Å². The zero-order chi connectivity index (χ0) is 10.3. The van der Waals surface area contributed by atoms with Crippen LogP contribution in [0.25, 0.3) is 0 Å². The van der Waals surface area contributed by atoms with E-state index in [1.807, 2.05) is 0 Å². The van der Waals surface area contributed by atoms with Crippen molar-refractivity contribution in [1.29, 1.82) is 0 Å². The second-order valence-corrected chi connectivity index (χ2v) is 3.58. The van der Waals surface area contributed by atoms with Gasteiger partial charge in [0.1, 0.15) is 24.4 Å². The predicted octanol–water partition coefficient (Wildman–Crippen LogP) is -2.03. The van der Waals surface area contributed by atoms with Crippen molar-refractivity contribution >= 4 is 5.91 Å². The lowest BCUT2D eigenvalue weighted by atomic mass is 9.99. The van der Waals surface area contributed by atoms with Crippen LogP contribution in [0.1, 0.15) is 6.92 Å². The smallest absolute Gasteiger partial charge is 0.217 e. The first-order valence-corrected chi connectivity index (χ1v) is 4.50. The normalized spacial score (nSPS) is 46.4. The molecule has 2 heterocycles. The number of rotatable bonds is 1. The highest BCUT2D eigenvalue weighted by Crippen LogP contribution is 2.27. The van der Waals surface area contributed by atoms with Crippen LogP contribution in [-0.4, -0.2) is 53.4 Å². The molecule has 0 aliphatic carbocycles. The molecule has 0 aromatic carbocycles. The van der Waals surface area contributed by atoms with Gasteiger partial charge in [0.15, 0.2) is 6.29 Å². The van der Waals surface area contributed by atoms with Crippen LogP contribution in [-0.2, 0) is 14.3 Å². The zero-order valence-electron chi connectivity index (χ0n) is 7.71. The quantitative estimate of drug-likeness (QED) is 0.457. The monoisotopic (exact) mass is 203 g/mol. The first-order chi connectivity index (χ1) is 6.59. The number of hydrogen-bond acceptors (Lipinski definition) is 5. The molecule has 0 aromatic rings. The highest BCUT2D eigenvalue weighted by atomic mass is 16.7. The van der Waals surface area contributed by atoms with Crippen molar-refractivity contribution in [1.82, 2.24) is 5.32 Å². The van der Waals surface area contributed by atoms with E-state index in [-0.39, 0.29) is 12.5 Å². The van der Waals surface area contributed by atoms with Gasteiger partial charge < -0.3 is 25.0 Å². The molecule has 0 aromatic heterocycles. The zero-order valence-corrected chi connectivity index (χ0v) is 7.71. The van der Waals surface area contributed by atoms with E-state index in [2.05, 4.69) is 5.32 Å². The molecule has 2 saturated heterocycles. The Hall–Kier alpha value is -0.690. The summed E-state index contributed by atoms with van der Waals surface area (Å²) in [6, 6.07) is -0.693. The number of aliphatic hydroxyl groups is 2. The second-order valence-electron chi connectivity index (χ2n) is 3.58. The van der Waals surface area contributed by atoms with Gasteiger partial charge in [-0.2, -0.15) is 0 Å². The molecule has 80 valence electrons. The van der Waals surface area contributed by atoms with Gasteiger partial charge in [-0.05, 0) is 0 Å². The van der Waals surface area contributed by atoms with Crippen LogP contribution < -0.4 is 5.32 Å². The number of carbonyl (C=O) groups excluding carboxylic acids is 1. The molecule has 1 amide bonds. The van der Waals surface area contributed by atoms with Gasteiger partial charge in [0, 0.05) is 6.92 Å². The molecular formula is C8H13NO5. The maximum atomic E-state index is 10.8. The molecule has 2 aliphatic heterocycles. The standard InChI is InChI=1S/C8H13NO5/c1-3(10)9-5-7(12)6(11)4-2-13-8(5)14-4/h4-8,11-12H,2H2,1H3,(H,9,10)/t4-,5-,6-,7-,8+/m1/s1. The van der Waals surface area contributed by atoms with E-state index >= 15 is 0 Å². The topological polar surface area (TPSA) is 88.0 Å². The summed E-state index contributed by atoms with van der Waals surface area (Å²) in [5.41, 5.74) is 0. The Bertz CT molecular complexity index is 246. The number of aliphatic hydroxyl groups excluding tert-OH is 2. The number of hydrogen-bond donors (Lipinski definition) is 3. The summed E-state index contributed by atoms with van der Waals surface area (Å²) in [6.07, 6.45) is -3.18. The summed E-state index contributed by atoms with van der Waals surface area (Å²) in [7, 11) is 0. The Labute approximate surface area is 80.8 Å².